The molecule has 0 aromatic rings. The molecule has 1 aliphatic rings. The molecule has 0 spiro atoms. The van der Waals surface area contributed by atoms with E-state index in [1.807, 2.05) is 0 Å². The van der Waals surface area contributed by atoms with Crippen LogP contribution < -0.4 is 0 Å². The molecule has 0 aliphatic carbocycles. The average molecular weight is 239 g/mol. The quantitative estimate of drug-likeness (QED) is 0.592. The fraction of sp³-hybridized carbons (Fsp3) is 1.00. The van der Waals surface area contributed by atoms with Gasteiger partial charge in [0.15, 0.2) is 0 Å². The molecular formula is C16H33N. The van der Waals surface area contributed by atoms with Gasteiger partial charge in [-0.05, 0) is 44.4 Å². The minimum Gasteiger partial charge on any atom is -0.292 e. The van der Waals surface area contributed by atoms with Gasteiger partial charge >= 0.3 is 0 Å². The van der Waals surface area contributed by atoms with Crippen molar-refractivity contribution in [1.29, 1.82) is 0 Å². The van der Waals surface area contributed by atoms with Crippen LogP contribution in [0.15, 0.2) is 0 Å². The molecule has 1 rings (SSSR count). The average Bonchev–Trinajstić information content (AvgIpc) is 2.42. The largest absolute Gasteiger partial charge is 0.292 e. The molecule has 0 amide bonds. The third-order valence-corrected chi connectivity index (χ3v) is 4.16. The zero-order valence-corrected chi connectivity index (χ0v) is 13.5. The Morgan fingerprint density at radius 1 is 0.647 bits per heavy atom. The smallest absolute Gasteiger partial charge is 0.0153 e. The summed E-state index contributed by atoms with van der Waals surface area (Å²) in [5, 5.41) is 0. The highest BCUT2D eigenvalue weighted by molar-refractivity contribution is 5.02. The van der Waals surface area contributed by atoms with Crippen molar-refractivity contribution in [3.8, 4) is 0 Å². The van der Waals surface area contributed by atoms with Crippen LogP contribution in [0.5, 0.6) is 0 Å². The lowest BCUT2D eigenvalue weighted by Crippen LogP contribution is -2.56. The fourth-order valence-electron chi connectivity index (χ4n) is 3.45. The molecule has 0 bridgehead atoms. The molecule has 0 saturated carbocycles. The fourth-order valence-corrected chi connectivity index (χ4v) is 3.45. The van der Waals surface area contributed by atoms with E-state index in [0.717, 1.165) is 0 Å². The van der Waals surface area contributed by atoms with E-state index in [4.69, 9.17) is 0 Å². The summed E-state index contributed by atoms with van der Waals surface area (Å²) < 4.78 is 0. The Bertz CT molecular complexity index is 237. The van der Waals surface area contributed by atoms with Gasteiger partial charge < -0.3 is 0 Å². The van der Waals surface area contributed by atoms with Crippen LogP contribution in [0.25, 0.3) is 0 Å². The van der Waals surface area contributed by atoms with Gasteiger partial charge in [0, 0.05) is 17.6 Å². The first-order valence-corrected chi connectivity index (χ1v) is 7.13. The number of rotatable bonds is 0. The molecule has 102 valence electrons. The van der Waals surface area contributed by atoms with Crippen molar-refractivity contribution in [3.63, 3.8) is 0 Å². The van der Waals surface area contributed by atoms with Gasteiger partial charge in [0.05, 0.1) is 0 Å². The normalized spacial score (nSPS) is 28.8. The van der Waals surface area contributed by atoms with Crippen molar-refractivity contribution in [1.82, 2.24) is 4.90 Å². The predicted molar refractivity (Wildman–Crippen MR) is 77.3 cm³/mol. The van der Waals surface area contributed by atoms with E-state index in [9.17, 15) is 0 Å². The van der Waals surface area contributed by atoms with Gasteiger partial charge in [0.1, 0.15) is 0 Å². The monoisotopic (exact) mass is 239 g/mol. The highest BCUT2D eigenvalue weighted by Crippen LogP contribution is 2.45. The van der Waals surface area contributed by atoms with Crippen molar-refractivity contribution >= 4 is 0 Å². The van der Waals surface area contributed by atoms with Crippen molar-refractivity contribution < 1.29 is 0 Å². The topological polar surface area (TPSA) is 3.24 Å². The van der Waals surface area contributed by atoms with E-state index in [-0.39, 0.29) is 5.54 Å². The minimum absolute atomic E-state index is 0.270. The van der Waals surface area contributed by atoms with Gasteiger partial charge in [-0.15, -0.1) is 0 Å². The zero-order chi connectivity index (χ0) is 13.6. The molecule has 1 heteroatoms. The zero-order valence-electron chi connectivity index (χ0n) is 13.5. The molecule has 0 N–H and O–H groups in total. The summed E-state index contributed by atoms with van der Waals surface area (Å²) in [6.45, 7) is 21.5. The van der Waals surface area contributed by atoms with Gasteiger partial charge in [-0.25, -0.2) is 0 Å². The highest BCUT2D eigenvalue weighted by Gasteiger charge is 2.48. The Balaban J connectivity index is 3.08. The lowest BCUT2D eigenvalue weighted by molar-refractivity contribution is -0.0103. The first kappa shape index (κ1) is 15.0. The van der Waals surface area contributed by atoms with Gasteiger partial charge in [0.25, 0.3) is 0 Å². The predicted octanol–water partition coefficient (Wildman–Crippen LogP) is 4.71. The van der Waals surface area contributed by atoms with Crippen molar-refractivity contribution in [2.75, 3.05) is 0 Å². The van der Waals surface area contributed by atoms with Crippen LogP contribution >= 0.6 is 0 Å². The Hall–Kier alpha value is -0.0400. The summed E-state index contributed by atoms with van der Waals surface area (Å²) >= 11 is 0. The van der Waals surface area contributed by atoms with Crippen LogP contribution in [0.4, 0.5) is 0 Å². The Morgan fingerprint density at radius 2 is 0.941 bits per heavy atom. The van der Waals surface area contributed by atoms with Crippen molar-refractivity contribution in [2.45, 2.75) is 92.8 Å². The first-order valence-electron chi connectivity index (χ1n) is 7.13. The van der Waals surface area contributed by atoms with Gasteiger partial charge in [0.2, 0.25) is 0 Å². The SMILES string of the molecule is CC(C)(C)C1CCC(C(C)(C)C)N1C(C)(C)C. The molecule has 1 saturated heterocycles. The third kappa shape index (κ3) is 3.24. The van der Waals surface area contributed by atoms with E-state index >= 15 is 0 Å². The van der Waals surface area contributed by atoms with Gasteiger partial charge in [-0.2, -0.15) is 0 Å². The maximum absolute atomic E-state index is 2.80. The number of likely N-dealkylation sites (tertiary alicyclic amines) is 1. The summed E-state index contributed by atoms with van der Waals surface area (Å²) in [5.74, 6) is 0. The van der Waals surface area contributed by atoms with Crippen LogP contribution in [0.1, 0.15) is 75.2 Å². The number of hydrogen-bond acceptors (Lipinski definition) is 1. The number of hydrogen-bond donors (Lipinski definition) is 0. The van der Waals surface area contributed by atoms with Crippen LogP contribution in [0.2, 0.25) is 0 Å². The maximum atomic E-state index is 2.80. The first-order chi connectivity index (χ1) is 7.35. The van der Waals surface area contributed by atoms with Gasteiger partial charge in [-0.1, -0.05) is 41.5 Å². The highest BCUT2D eigenvalue weighted by atomic mass is 15.3. The standard InChI is InChI=1S/C16H33N/c1-14(2,3)12-10-11-13(15(4,5)6)17(12)16(7,8)9/h12-13H,10-11H2,1-9H3. The Morgan fingerprint density at radius 3 is 1.12 bits per heavy atom. The molecule has 17 heavy (non-hydrogen) atoms. The maximum Gasteiger partial charge on any atom is 0.0153 e. The summed E-state index contributed by atoms with van der Waals surface area (Å²) in [6, 6.07) is 1.43. The molecule has 0 aromatic heterocycles. The second-order valence-electron chi connectivity index (χ2n) is 8.92. The molecule has 1 heterocycles. The van der Waals surface area contributed by atoms with E-state index in [1.54, 1.807) is 0 Å². The third-order valence-electron chi connectivity index (χ3n) is 4.16. The number of nitrogens with zero attached hydrogens (tertiary/aromatic N) is 1. The van der Waals surface area contributed by atoms with Crippen molar-refractivity contribution in [2.24, 2.45) is 10.8 Å². The second-order valence-corrected chi connectivity index (χ2v) is 8.92. The van der Waals surface area contributed by atoms with E-state index in [1.165, 1.54) is 12.8 Å². The molecule has 1 aliphatic heterocycles. The summed E-state index contributed by atoms with van der Waals surface area (Å²) in [4.78, 5) is 2.80. The lowest BCUT2D eigenvalue weighted by atomic mass is 9.82. The van der Waals surface area contributed by atoms with E-state index < -0.39 is 0 Å². The lowest BCUT2D eigenvalue weighted by Gasteiger charge is -2.49. The Labute approximate surface area is 109 Å². The Kier molecular flexibility index (Phi) is 3.76. The van der Waals surface area contributed by atoms with E-state index in [0.29, 0.717) is 22.9 Å². The molecule has 0 aromatic carbocycles. The molecule has 0 radical (unpaired) electrons. The van der Waals surface area contributed by atoms with E-state index in [2.05, 4.69) is 67.2 Å². The minimum atomic E-state index is 0.270. The van der Waals surface area contributed by atoms with Crippen molar-refractivity contribution in [3.05, 3.63) is 0 Å². The summed E-state index contributed by atoms with van der Waals surface area (Å²) in [7, 11) is 0. The molecule has 2 unspecified atom stereocenters. The van der Waals surface area contributed by atoms with Crippen LogP contribution in [0.3, 0.4) is 0 Å². The second kappa shape index (κ2) is 4.26. The van der Waals surface area contributed by atoms with Crippen LogP contribution in [-0.2, 0) is 0 Å². The van der Waals surface area contributed by atoms with Gasteiger partial charge in [-0.3, -0.25) is 4.90 Å². The van der Waals surface area contributed by atoms with Crippen LogP contribution in [0, 0.1) is 10.8 Å². The molecule has 2 atom stereocenters. The molecule has 1 fully saturated rings. The molecule has 1 nitrogen and oxygen atoms in total. The summed E-state index contributed by atoms with van der Waals surface area (Å²) in [5.41, 5.74) is 1.03. The van der Waals surface area contributed by atoms with Crippen LogP contribution in [-0.4, -0.2) is 22.5 Å². The summed E-state index contributed by atoms with van der Waals surface area (Å²) in [6.07, 6.45) is 2.70. The molecular weight excluding hydrogens is 206 g/mol.